The number of nitro groups is 1. The number of hydrogen-bond acceptors (Lipinski definition) is 6. The van der Waals surface area contributed by atoms with Gasteiger partial charge in [0.25, 0.3) is 11.6 Å². The van der Waals surface area contributed by atoms with Crippen molar-refractivity contribution in [2.75, 3.05) is 0 Å². The first-order valence-corrected chi connectivity index (χ1v) is 8.05. The zero-order valence-corrected chi connectivity index (χ0v) is 14.7. The number of nitro benzene ring substituents is 1. The van der Waals surface area contributed by atoms with E-state index in [0.29, 0.717) is 22.6 Å². The van der Waals surface area contributed by atoms with E-state index in [9.17, 15) is 14.9 Å². The maximum absolute atomic E-state index is 11.9. The van der Waals surface area contributed by atoms with Crippen molar-refractivity contribution in [1.82, 2.24) is 10.4 Å². The summed E-state index contributed by atoms with van der Waals surface area (Å²) in [6.45, 7) is 3.69. The van der Waals surface area contributed by atoms with Crippen LogP contribution in [0.25, 0.3) is 11.3 Å². The maximum Gasteiger partial charge on any atom is 0.280 e. The molecule has 1 amide bonds. The third-order valence-electron chi connectivity index (χ3n) is 4.00. The highest BCUT2D eigenvalue weighted by Crippen LogP contribution is 2.33. The molecule has 0 aliphatic carbocycles. The van der Waals surface area contributed by atoms with E-state index in [1.807, 2.05) is 13.8 Å². The Labute approximate surface area is 154 Å². The third-order valence-corrected chi connectivity index (χ3v) is 4.00. The summed E-state index contributed by atoms with van der Waals surface area (Å²) in [5.74, 6) is 0.324. The van der Waals surface area contributed by atoms with Gasteiger partial charge in [-0.15, -0.1) is 0 Å². The zero-order valence-electron chi connectivity index (χ0n) is 14.7. The highest BCUT2D eigenvalue weighted by Gasteiger charge is 2.19. The largest absolute Gasteiger partial charge is 0.455 e. The van der Waals surface area contributed by atoms with Crippen LogP contribution in [0.3, 0.4) is 0 Å². The van der Waals surface area contributed by atoms with Gasteiger partial charge in [-0.3, -0.25) is 19.9 Å². The Kier molecular flexibility index (Phi) is 5.07. The first-order chi connectivity index (χ1) is 13.0. The topological polar surface area (TPSA) is 111 Å². The Morgan fingerprint density at radius 2 is 1.89 bits per heavy atom. The number of hydrazone groups is 1. The number of hydrogen-bond donors (Lipinski definition) is 1. The van der Waals surface area contributed by atoms with Gasteiger partial charge in [0.05, 0.1) is 16.7 Å². The van der Waals surface area contributed by atoms with Gasteiger partial charge >= 0.3 is 0 Å². The number of rotatable bonds is 5. The predicted octanol–water partition coefficient (Wildman–Crippen LogP) is 3.63. The van der Waals surface area contributed by atoms with Gasteiger partial charge in [-0.05, 0) is 55.3 Å². The lowest BCUT2D eigenvalue weighted by molar-refractivity contribution is -0.384. The summed E-state index contributed by atoms with van der Waals surface area (Å²) in [4.78, 5) is 26.6. The van der Waals surface area contributed by atoms with Crippen LogP contribution in [0.1, 0.15) is 27.2 Å². The molecule has 0 spiro atoms. The summed E-state index contributed by atoms with van der Waals surface area (Å²) >= 11 is 0. The summed E-state index contributed by atoms with van der Waals surface area (Å²) in [6, 6.07) is 9.62. The van der Waals surface area contributed by atoms with Crippen LogP contribution in [-0.2, 0) is 0 Å². The number of pyridine rings is 1. The molecule has 2 aromatic heterocycles. The van der Waals surface area contributed by atoms with Crippen molar-refractivity contribution in [3.8, 4) is 11.3 Å². The summed E-state index contributed by atoms with van der Waals surface area (Å²) in [5.41, 5.74) is 4.92. The van der Waals surface area contributed by atoms with Crippen LogP contribution in [0.5, 0.6) is 0 Å². The molecule has 0 bridgehead atoms. The van der Waals surface area contributed by atoms with Gasteiger partial charge in [0.2, 0.25) is 0 Å². The smallest absolute Gasteiger partial charge is 0.280 e. The molecule has 0 fully saturated rings. The molecular formula is C19H16N4O4. The highest BCUT2D eigenvalue weighted by atomic mass is 16.6. The van der Waals surface area contributed by atoms with E-state index >= 15 is 0 Å². The summed E-state index contributed by atoms with van der Waals surface area (Å²) < 4.78 is 5.63. The fraction of sp³-hybridized carbons (Fsp3) is 0.105. The van der Waals surface area contributed by atoms with E-state index < -0.39 is 4.92 Å². The lowest BCUT2D eigenvalue weighted by Gasteiger charge is -2.04. The van der Waals surface area contributed by atoms with E-state index in [0.717, 1.165) is 11.1 Å². The Bertz CT molecular complexity index is 1030. The maximum atomic E-state index is 11.9. The first-order valence-electron chi connectivity index (χ1n) is 8.05. The van der Waals surface area contributed by atoms with Gasteiger partial charge in [0, 0.05) is 24.0 Å². The minimum absolute atomic E-state index is 0.0260. The summed E-state index contributed by atoms with van der Waals surface area (Å²) in [5, 5.41) is 15.2. The standard InChI is InChI=1S/C19H16N4O4/c1-12-9-16(17(23(25)26)10-13(12)2)18-4-3-15(27-18)11-21-22-19(24)14-5-7-20-8-6-14/h3-11H,1-2H3,(H,22,24)/b21-11+. The number of nitrogens with one attached hydrogen (secondary N) is 1. The fourth-order valence-electron chi connectivity index (χ4n) is 2.44. The fourth-order valence-corrected chi connectivity index (χ4v) is 2.44. The molecular weight excluding hydrogens is 348 g/mol. The van der Waals surface area contributed by atoms with Crippen LogP contribution in [0.15, 0.2) is 58.3 Å². The highest BCUT2D eigenvalue weighted by molar-refractivity contribution is 5.94. The number of amides is 1. The average Bonchev–Trinajstić information content (AvgIpc) is 3.12. The lowest BCUT2D eigenvalue weighted by Crippen LogP contribution is -2.17. The van der Waals surface area contributed by atoms with Crippen molar-refractivity contribution < 1.29 is 14.1 Å². The minimum Gasteiger partial charge on any atom is -0.455 e. The molecule has 8 heteroatoms. The number of benzene rings is 1. The molecule has 0 saturated carbocycles. The third kappa shape index (κ3) is 4.06. The molecule has 8 nitrogen and oxygen atoms in total. The monoisotopic (exact) mass is 364 g/mol. The van der Waals surface area contributed by atoms with E-state index in [1.165, 1.54) is 24.7 Å². The summed E-state index contributed by atoms with van der Waals surface area (Å²) in [7, 11) is 0. The average molecular weight is 364 g/mol. The van der Waals surface area contributed by atoms with Crippen LogP contribution >= 0.6 is 0 Å². The van der Waals surface area contributed by atoms with Gasteiger partial charge in [-0.25, -0.2) is 5.43 Å². The molecule has 0 aliphatic rings. The minimum atomic E-state index is -0.438. The van der Waals surface area contributed by atoms with Crippen LogP contribution in [0.2, 0.25) is 0 Å². The van der Waals surface area contributed by atoms with E-state index in [-0.39, 0.29) is 11.6 Å². The van der Waals surface area contributed by atoms with Crippen molar-refractivity contribution in [3.63, 3.8) is 0 Å². The van der Waals surface area contributed by atoms with Crippen LogP contribution < -0.4 is 5.43 Å². The number of carbonyl (C=O) groups excluding carboxylic acids is 1. The Hall–Kier alpha value is -3.81. The molecule has 2 heterocycles. The van der Waals surface area contributed by atoms with Crippen molar-refractivity contribution in [2.24, 2.45) is 5.10 Å². The molecule has 0 atom stereocenters. The van der Waals surface area contributed by atoms with Crippen LogP contribution in [-0.4, -0.2) is 22.0 Å². The van der Waals surface area contributed by atoms with Crippen molar-refractivity contribution >= 4 is 17.8 Å². The molecule has 27 heavy (non-hydrogen) atoms. The zero-order chi connectivity index (χ0) is 19.4. The lowest BCUT2D eigenvalue weighted by atomic mass is 10.0. The molecule has 136 valence electrons. The predicted molar refractivity (Wildman–Crippen MR) is 99.6 cm³/mol. The van der Waals surface area contributed by atoms with Crippen molar-refractivity contribution in [3.05, 3.63) is 81.4 Å². The second-order valence-corrected chi connectivity index (χ2v) is 5.85. The molecule has 3 aromatic rings. The van der Waals surface area contributed by atoms with Crippen LogP contribution in [0, 0.1) is 24.0 Å². The molecule has 1 N–H and O–H groups in total. The quantitative estimate of drug-likeness (QED) is 0.422. The van der Waals surface area contributed by atoms with Gasteiger partial charge in [0.1, 0.15) is 11.5 Å². The first kappa shape index (κ1) is 18.0. The molecule has 1 aromatic carbocycles. The Morgan fingerprint density at radius 3 is 2.59 bits per heavy atom. The molecule has 0 unspecified atom stereocenters. The second-order valence-electron chi connectivity index (χ2n) is 5.85. The molecule has 0 aliphatic heterocycles. The van der Waals surface area contributed by atoms with E-state index in [2.05, 4.69) is 15.5 Å². The van der Waals surface area contributed by atoms with Gasteiger partial charge < -0.3 is 4.42 Å². The van der Waals surface area contributed by atoms with E-state index in [1.54, 1.807) is 30.3 Å². The molecule has 0 radical (unpaired) electrons. The normalized spacial score (nSPS) is 10.9. The SMILES string of the molecule is Cc1cc(-c2ccc(/C=N/NC(=O)c3ccncc3)o2)c([N+](=O)[O-])cc1C. The Morgan fingerprint density at radius 1 is 1.19 bits per heavy atom. The van der Waals surface area contributed by atoms with Gasteiger partial charge in [-0.2, -0.15) is 5.10 Å². The molecule has 0 saturated heterocycles. The van der Waals surface area contributed by atoms with Gasteiger partial charge in [0.15, 0.2) is 0 Å². The van der Waals surface area contributed by atoms with Crippen LogP contribution in [0.4, 0.5) is 5.69 Å². The van der Waals surface area contributed by atoms with Gasteiger partial charge in [-0.1, -0.05) is 0 Å². The number of aromatic nitrogens is 1. The number of carbonyl (C=O) groups is 1. The number of aryl methyl sites for hydroxylation is 2. The second kappa shape index (κ2) is 7.61. The molecule has 3 rings (SSSR count). The van der Waals surface area contributed by atoms with Crippen molar-refractivity contribution in [2.45, 2.75) is 13.8 Å². The number of furan rings is 1. The van der Waals surface area contributed by atoms with Crippen molar-refractivity contribution in [1.29, 1.82) is 0 Å². The summed E-state index contributed by atoms with van der Waals surface area (Å²) in [6.07, 6.45) is 4.34. The van der Waals surface area contributed by atoms with E-state index in [4.69, 9.17) is 4.42 Å². The number of nitrogens with zero attached hydrogens (tertiary/aromatic N) is 3. The Balaban J connectivity index is 1.78.